The lowest BCUT2D eigenvalue weighted by Gasteiger charge is -2.37. The SMILES string of the molecule is CC(C)CC(=O)N1Cc2ccccc2C[C@H]1C(=O)N[C@@H]1CCCc2occc21. The number of carbonyl (C=O) groups excluding carboxylic acids is 2. The lowest BCUT2D eigenvalue weighted by Crippen LogP contribution is -2.53. The lowest BCUT2D eigenvalue weighted by molar-refractivity contribution is -0.142. The summed E-state index contributed by atoms with van der Waals surface area (Å²) in [7, 11) is 0. The molecule has 148 valence electrons. The highest BCUT2D eigenvalue weighted by atomic mass is 16.3. The van der Waals surface area contributed by atoms with Crippen molar-refractivity contribution >= 4 is 11.8 Å². The van der Waals surface area contributed by atoms with Crippen LogP contribution in [0.3, 0.4) is 0 Å². The van der Waals surface area contributed by atoms with Crippen LogP contribution in [-0.4, -0.2) is 22.8 Å². The molecule has 2 atom stereocenters. The Bertz CT molecular complexity index is 870. The topological polar surface area (TPSA) is 62.6 Å². The number of hydrogen-bond donors (Lipinski definition) is 1. The molecular formula is C23H28N2O3. The maximum Gasteiger partial charge on any atom is 0.243 e. The molecule has 0 saturated carbocycles. The number of hydrogen-bond acceptors (Lipinski definition) is 3. The summed E-state index contributed by atoms with van der Waals surface area (Å²) in [6.07, 6.45) is 5.55. The van der Waals surface area contributed by atoms with Crippen LogP contribution in [0.2, 0.25) is 0 Å². The first-order valence-corrected chi connectivity index (χ1v) is 10.3. The maximum absolute atomic E-state index is 13.3. The van der Waals surface area contributed by atoms with E-state index in [2.05, 4.69) is 17.4 Å². The third-order valence-corrected chi connectivity index (χ3v) is 5.82. The fourth-order valence-electron chi connectivity index (χ4n) is 4.39. The lowest BCUT2D eigenvalue weighted by atomic mass is 9.90. The second kappa shape index (κ2) is 7.82. The van der Waals surface area contributed by atoms with Crippen molar-refractivity contribution in [3.63, 3.8) is 0 Å². The number of nitrogens with one attached hydrogen (secondary N) is 1. The van der Waals surface area contributed by atoms with Gasteiger partial charge in [-0.15, -0.1) is 0 Å². The molecule has 2 heterocycles. The van der Waals surface area contributed by atoms with Crippen LogP contribution in [0.1, 0.15) is 61.6 Å². The highest BCUT2D eigenvalue weighted by molar-refractivity contribution is 5.89. The Morgan fingerprint density at radius 1 is 1.21 bits per heavy atom. The summed E-state index contributed by atoms with van der Waals surface area (Å²) in [4.78, 5) is 28.0. The van der Waals surface area contributed by atoms with Crippen LogP contribution < -0.4 is 5.32 Å². The van der Waals surface area contributed by atoms with Gasteiger partial charge in [0.25, 0.3) is 0 Å². The molecule has 0 saturated heterocycles. The van der Waals surface area contributed by atoms with Crippen LogP contribution in [-0.2, 0) is 29.0 Å². The van der Waals surface area contributed by atoms with Gasteiger partial charge in [0.2, 0.25) is 11.8 Å². The summed E-state index contributed by atoms with van der Waals surface area (Å²) in [5, 5.41) is 3.21. The summed E-state index contributed by atoms with van der Waals surface area (Å²) in [5.41, 5.74) is 3.37. The number of aryl methyl sites for hydroxylation is 1. The zero-order chi connectivity index (χ0) is 19.7. The van der Waals surface area contributed by atoms with E-state index in [0.29, 0.717) is 19.4 Å². The molecule has 1 N–H and O–H groups in total. The molecule has 2 aliphatic rings. The van der Waals surface area contributed by atoms with Crippen LogP contribution in [0, 0.1) is 5.92 Å². The second-order valence-corrected chi connectivity index (χ2v) is 8.36. The molecule has 1 aliphatic carbocycles. The number of nitrogens with zero attached hydrogens (tertiary/aromatic N) is 1. The Kier molecular flexibility index (Phi) is 5.25. The van der Waals surface area contributed by atoms with Crippen LogP contribution >= 0.6 is 0 Å². The smallest absolute Gasteiger partial charge is 0.243 e. The molecule has 1 aliphatic heterocycles. The van der Waals surface area contributed by atoms with Gasteiger partial charge in [-0.2, -0.15) is 0 Å². The van der Waals surface area contributed by atoms with E-state index in [4.69, 9.17) is 4.42 Å². The van der Waals surface area contributed by atoms with Gasteiger partial charge in [0.1, 0.15) is 11.8 Å². The van der Waals surface area contributed by atoms with Crippen molar-refractivity contribution in [2.24, 2.45) is 5.92 Å². The highest BCUT2D eigenvalue weighted by Crippen LogP contribution is 2.31. The third-order valence-electron chi connectivity index (χ3n) is 5.82. The number of amides is 2. The van der Waals surface area contributed by atoms with Crippen molar-refractivity contribution in [2.75, 3.05) is 0 Å². The van der Waals surface area contributed by atoms with E-state index in [1.807, 2.05) is 32.0 Å². The average Bonchev–Trinajstić information content (AvgIpc) is 3.16. The van der Waals surface area contributed by atoms with E-state index >= 15 is 0 Å². The fourth-order valence-corrected chi connectivity index (χ4v) is 4.39. The zero-order valence-corrected chi connectivity index (χ0v) is 16.6. The maximum atomic E-state index is 13.3. The van der Waals surface area contributed by atoms with Crippen molar-refractivity contribution in [3.05, 3.63) is 59.0 Å². The van der Waals surface area contributed by atoms with Crippen molar-refractivity contribution in [2.45, 2.75) is 64.6 Å². The first-order valence-electron chi connectivity index (χ1n) is 10.3. The fraction of sp³-hybridized carbons (Fsp3) is 0.478. The van der Waals surface area contributed by atoms with Crippen molar-refractivity contribution in [1.82, 2.24) is 10.2 Å². The molecule has 0 fully saturated rings. The summed E-state index contributed by atoms with van der Waals surface area (Å²) in [6, 6.07) is 9.57. The van der Waals surface area contributed by atoms with Crippen LogP contribution in [0.15, 0.2) is 41.0 Å². The first kappa shape index (κ1) is 18.8. The summed E-state index contributed by atoms with van der Waals surface area (Å²) < 4.78 is 5.55. The summed E-state index contributed by atoms with van der Waals surface area (Å²) in [5.74, 6) is 1.22. The van der Waals surface area contributed by atoms with Gasteiger partial charge in [0, 0.05) is 31.4 Å². The molecule has 2 aromatic rings. The van der Waals surface area contributed by atoms with Gasteiger partial charge in [0.15, 0.2) is 0 Å². The molecule has 5 heteroatoms. The monoisotopic (exact) mass is 380 g/mol. The van der Waals surface area contributed by atoms with E-state index < -0.39 is 6.04 Å². The van der Waals surface area contributed by atoms with E-state index in [-0.39, 0.29) is 23.8 Å². The van der Waals surface area contributed by atoms with Gasteiger partial charge in [-0.25, -0.2) is 0 Å². The van der Waals surface area contributed by atoms with Crippen molar-refractivity contribution in [3.8, 4) is 0 Å². The molecule has 0 bridgehead atoms. The Morgan fingerprint density at radius 3 is 2.79 bits per heavy atom. The molecule has 1 aromatic carbocycles. The standard InChI is InChI=1S/C23H28N2O3/c1-15(2)12-22(26)25-14-17-7-4-3-6-16(17)13-20(25)23(27)24-19-8-5-9-21-18(19)10-11-28-21/h3-4,6-7,10-11,15,19-20H,5,8-9,12-14H2,1-2H3,(H,24,27)/t19-,20+/m1/s1. The Hall–Kier alpha value is -2.56. The van der Waals surface area contributed by atoms with E-state index in [9.17, 15) is 9.59 Å². The second-order valence-electron chi connectivity index (χ2n) is 8.36. The predicted octanol–water partition coefficient (Wildman–Crippen LogP) is 3.77. The molecule has 0 unspecified atom stereocenters. The quantitative estimate of drug-likeness (QED) is 0.878. The Morgan fingerprint density at radius 2 is 2.00 bits per heavy atom. The molecule has 2 amide bonds. The van der Waals surface area contributed by atoms with E-state index in [1.165, 1.54) is 0 Å². The minimum atomic E-state index is -0.460. The molecule has 0 spiro atoms. The van der Waals surface area contributed by atoms with Gasteiger partial charge in [-0.1, -0.05) is 38.1 Å². The van der Waals surface area contributed by atoms with E-state index in [1.54, 1.807) is 11.2 Å². The number of rotatable bonds is 4. The first-order chi connectivity index (χ1) is 13.5. The number of benzene rings is 1. The molecule has 5 nitrogen and oxygen atoms in total. The van der Waals surface area contributed by atoms with Crippen LogP contribution in [0.5, 0.6) is 0 Å². The largest absolute Gasteiger partial charge is 0.469 e. The molecule has 1 aromatic heterocycles. The zero-order valence-electron chi connectivity index (χ0n) is 16.6. The third kappa shape index (κ3) is 3.71. The van der Waals surface area contributed by atoms with Crippen LogP contribution in [0.25, 0.3) is 0 Å². The van der Waals surface area contributed by atoms with E-state index in [0.717, 1.165) is 41.7 Å². The van der Waals surface area contributed by atoms with Gasteiger partial charge in [-0.3, -0.25) is 9.59 Å². The predicted molar refractivity (Wildman–Crippen MR) is 106 cm³/mol. The van der Waals surface area contributed by atoms with Crippen LogP contribution in [0.4, 0.5) is 0 Å². The van der Waals surface area contributed by atoms with Gasteiger partial charge < -0.3 is 14.6 Å². The summed E-state index contributed by atoms with van der Waals surface area (Å²) >= 11 is 0. The highest BCUT2D eigenvalue weighted by Gasteiger charge is 2.36. The average molecular weight is 380 g/mol. The normalized spacial score (nSPS) is 21.2. The molecule has 4 rings (SSSR count). The summed E-state index contributed by atoms with van der Waals surface area (Å²) in [6.45, 7) is 4.57. The number of carbonyl (C=O) groups is 2. The molecule has 0 radical (unpaired) electrons. The van der Waals surface area contributed by atoms with Gasteiger partial charge in [-0.05, 0) is 36.0 Å². The Balaban J connectivity index is 1.56. The van der Waals surface area contributed by atoms with Gasteiger partial charge in [0.05, 0.1) is 12.3 Å². The molecular weight excluding hydrogens is 352 g/mol. The van der Waals surface area contributed by atoms with Gasteiger partial charge >= 0.3 is 0 Å². The Labute approximate surface area is 166 Å². The molecule has 28 heavy (non-hydrogen) atoms. The van der Waals surface area contributed by atoms with Crippen molar-refractivity contribution < 1.29 is 14.0 Å². The van der Waals surface area contributed by atoms with Crippen molar-refractivity contribution in [1.29, 1.82) is 0 Å². The minimum Gasteiger partial charge on any atom is -0.469 e. The minimum absolute atomic E-state index is 0.0331. The number of furan rings is 1. The number of fused-ring (bicyclic) bond motifs is 2.